The number of hydrogen-bond donors (Lipinski definition) is 1. The van der Waals surface area contributed by atoms with Crippen LogP contribution in [0.4, 0.5) is 0 Å². The molecule has 0 amide bonds. The second kappa shape index (κ2) is 6.12. The largest absolute Gasteiger partial charge is 0.311 e. The van der Waals surface area contributed by atoms with Crippen LogP contribution >= 0.6 is 0 Å². The van der Waals surface area contributed by atoms with Crippen molar-refractivity contribution >= 4 is 0 Å². The Morgan fingerprint density at radius 3 is 2.59 bits per heavy atom. The van der Waals surface area contributed by atoms with Crippen LogP contribution in [0.1, 0.15) is 33.4 Å². The molecule has 17 heavy (non-hydrogen) atoms. The molecule has 0 aliphatic heterocycles. The third-order valence-corrected chi connectivity index (χ3v) is 2.82. The number of pyridine rings is 1. The summed E-state index contributed by atoms with van der Waals surface area (Å²) in [6, 6.07) is 6.55. The molecule has 0 bridgehead atoms. The maximum atomic E-state index is 4.35. The number of likely N-dealkylation sites (N-methyl/N-ethyl adjacent to an activating group) is 1. The molecule has 0 saturated carbocycles. The lowest BCUT2D eigenvalue weighted by molar-refractivity contribution is 0.226. The van der Waals surface area contributed by atoms with Crippen LogP contribution < -0.4 is 5.32 Å². The number of hydrogen-bond acceptors (Lipinski definition) is 3. The summed E-state index contributed by atoms with van der Waals surface area (Å²) in [4.78, 5) is 6.67. The standard InChI is InChI=1S/C14H25N3/c1-12(10-16-14(2,3)4)17(5)11-13-8-6-7-9-15-13/h6-9,12,16H,10-11H2,1-5H3. The van der Waals surface area contributed by atoms with E-state index < -0.39 is 0 Å². The predicted octanol–water partition coefficient (Wildman–Crippen LogP) is 2.29. The van der Waals surface area contributed by atoms with Gasteiger partial charge in [-0.1, -0.05) is 6.07 Å². The summed E-state index contributed by atoms with van der Waals surface area (Å²) in [7, 11) is 2.14. The zero-order chi connectivity index (χ0) is 12.9. The first-order valence-corrected chi connectivity index (χ1v) is 6.23. The summed E-state index contributed by atoms with van der Waals surface area (Å²) in [5, 5.41) is 3.53. The van der Waals surface area contributed by atoms with Crippen LogP contribution in [0.2, 0.25) is 0 Å². The monoisotopic (exact) mass is 235 g/mol. The number of aromatic nitrogens is 1. The van der Waals surface area contributed by atoms with E-state index in [1.165, 1.54) is 0 Å². The van der Waals surface area contributed by atoms with Gasteiger partial charge in [-0.2, -0.15) is 0 Å². The Kier molecular flexibility index (Phi) is 5.09. The second-order valence-corrected chi connectivity index (χ2v) is 5.72. The molecule has 1 unspecified atom stereocenters. The van der Waals surface area contributed by atoms with Crippen LogP contribution in [0.3, 0.4) is 0 Å². The summed E-state index contributed by atoms with van der Waals surface area (Å²) < 4.78 is 0. The van der Waals surface area contributed by atoms with Crippen LogP contribution in [-0.2, 0) is 6.54 Å². The number of rotatable bonds is 5. The minimum absolute atomic E-state index is 0.181. The van der Waals surface area contributed by atoms with Crippen molar-refractivity contribution in [3.63, 3.8) is 0 Å². The summed E-state index contributed by atoms with van der Waals surface area (Å²) in [5.74, 6) is 0. The van der Waals surface area contributed by atoms with Crippen molar-refractivity contribution in [1.29, 1.82) is 0 Å². The summed E-state index contributed by atoms with van der Waals surface area (Å²) >= 11 is 0. The smallest absolute Gasteiger partial charge is 0.0543 e. The van der Waals surface area contributed by atoms with E-state index in [0.717, 1.165) is 18.8 Å². The summed E-state index contributed by atoms with van der Waals surface area (Å²) in [5.41, 5.74) is 1.30. The van der Waals surface area contributed by atoms with E-state index in [1.54, 1.807) is 0 Å². The van der Waals surface area contributed by atoms with Crippen molar-refractivity contribution in [2.45, 2.75) is 45.8 Å². The summed E-state index contributed by atoms with van der Waals surface area (Å²) in [6.45, 7) is 10.7. The van der Waals surface area contributed by atoms with Gasteiger partial charge in [0.1, 0.15) is 0 Å². The molecule has 1 aromatic rings. The molecule has 1 heterocycles. The Bertz CT molecular complexity index is 316. The fourth-order valence-electron chi connectivity index (χ4n) is 1.51. The van der Waals surface area contributed by atoms with Crippen molar-refractivity contribution in [1.82, 2.24) is 15.2 Å². The molecule has 1 aromatic heterocycles. The van der Waals surface area contributed by atoms with Crippen LogP contribution in [0.15, 0.2) is 24.4 Å². The van der Waals surface area contributed by atoms with Crippen molar-refractivity contribution < 1.29 is 0 Å². The lowest BCUT2D eigenvalue weighted by Crippen LogP contribution is -2.45. The lowest BCUT2D eigenvalue weighted by atomic mass is 10.1. The van der Waals surface area contributed by atoms with E-state index in [0.29, 0.717) is 6.04 Å². The number of nitrogens with zero attached hydrogens (tertiary/aromatic N) is 2. The predicted molar refractivity (Wildman–Crippen MR) is 72.9 cm³/mol. The molecular weight excluding hydrogens is 210 g/mol. The molecule has 0 spiro atoms. The Morgan fingerprint density at radius 2 is 2.06 bits per heavy atom. The normalized spacial score (nSPS) is 14.0. The first-order valence-electron chi connectivity index (χ1n) is 6.23. The highest BCUT2D eigenvalue weighted by Crippen LogP contribution is 2.05. The highest BCUT2D eigenvalue weighted by Gasteiger charge is 2.14. The SMILES string of the molecule is CC(CNC(C)(C)C)N(C)Cc1ccccn1. The van der Waals surface area contributed by atoms with E-state index in [1.807, 2.05) is 18.3 Å². The van der Waals surface area contributed by atoms with Gasteiger partial charge in [-0.15, -0.1) is 0 Å². The maximum Gasteiger partial charge on any atom is 0.0543 e. The van der Waals surface area contributed by atoms with Gasteiger partial charge in [0.05, 0.1) is 5.69 Å². The fraction of sp³-hybridized carbons (Fsp3) is 0.643. The van der Waals surface area contributed by atoms with Gasteiger partial charge in [0.15, 0.2) is 0 Å². The van der Waals surface area contributed by atoms with E-state index in [-0.39, 0.29) is 5.54 Å². The first-order chi connectivity index (χ1) is 7.88. The Morgan fingerprint density at radius 1 is 1.35 bits per heavy atom. The molecule has 0 aliphatic rings. The van der Waals surface area contributed by atoms with Crippen molar-refractivity contribution in [2.75, 3.05) is 13.6 Å². The third kappa shape index (κ3) is 5.80. The van der Waals surface area contributed by atoms with Gasteiger partial charge in [-0.05, 0) is 46.9 Å². The van der Waals surface area contributed by atoms with Gasteiger partial charge < -0.3 is 5.32 Å². The van der Waals surface area contributed by atoms with Crippen LogP contribution in [0.5, 0.6) is 0 Å². The van der Waals surface area contributed by atoms with E-state index in [2.05, 4.69) is 56.0 Å². The van der Waals surface area contributed by atoms with Crippen molar-refractivity contribution in [3.05, 3.63) is 30.1 Å². The molecular formula is C14H25N3. The topological polar surface area (TPSA) is 28.2 Å². The quantitative estimate of drug-likeness (QED) is 0.848. The van der Waals surface area contributed by atoms with Crippen molar-refractivity contribution in [2.24, 2.45) is 0 Å². The van der Waals surface area contributed by atoms with Gasteiger partial charge in [0.25, 0.3) is 0 Å². The number of nitrogens with one attached hydrogen (secondary N) is 1. The zero-order valence-corrected chi connectivity index (χ0v) is 11.7. The maximum absolute atomic E-state index is 4.35. The van der Waals surface area contributed by atoms with Gasteiger partial charge in [0.2, 0.25) is 0 Å². The molecule has 1 N–H and O–H groups in total. The van der Waals surface area contributed by atoms with Crippen molar-refractivity contribution in [3.8, 4) is 0 Å². The minimum atomic E-state index is 0.181. The summed E-state index contributed by atoms with van der Waals surface area (Å²) in [6.07, 6.45) is 1.85. The van der Waals surface area contributed by atoms with Gasteiger partial charge in [-0.25, -0.2) is 0 Å². The van der Waals surface area contributed by atoms with Gasteiger partial charge in [0, 0.05) is 30.9 Å². The zero-order valence-electron chi connectivity index (χ0n) is 11.7. The molecule has 96 valence electrons. The van der Waals surface area contributed by atoms with Gasteiger partial charge in [-0.3, -0.25) is 9.88 Å². The average Bonchev–Trinajstić information content (AvgIpc) is 2.26. The highest BCUT2D eigenvalue weighted by molar-refractivity contribution is 5.03. The molecule has 1 atom stereocenters. The Balaban J connectivity index is 2.40. The van der Waals surface area contributed by atoms with Crippen LogP contribution in [0.25, 0.3) is 0 Å². The van der Waals surface area contributed by atoms with Gasteiger partial charge >= 0.3 is 0 Å². The van der Waals surface area contributed by atoms with E-state index in [9.17, 15) is 0 Å². The molecule has 0 aromatic carbocycles. The molecule has 0 aliphatic carbocycles. The highest BCUT2D eigenvalue weighted by atomic mass is 15.2. The van der Waals surface area contributed by atoms with Crippen LogP contribution in [0, 0.1) is 0 Å². The Hall–Kier alpha value is -0.930. The van der Waals surface area contributed by atoms with Crippen LogP contribution in [-0.4, -0.2) is 35.1 Å². The average molecular weight is 235 g/mol. The first kappa shape index (κ1) is 14.1. The third-order valence-electron chi connectivity index (χ3n) is 2.82. The lowest BCUT2D eigenvalue weighted by Gasteiger charge is -2.29. The Labute approximate surface area is 105 Å². The molecule has 0 radical (unpaired) electrons. The molecule has 0 saturated heterocycles. The minimum Gasteiger partial charge on any atom is -0.311 e. The molecule has 1 rings (SSSR count). The molecule has 3 heteroatoms. The molecule has 3 nitrogen and oxygen atoms in total. The fourth-order valence-corrected chi connectivity index (χ4v) is 1.51. The van der Waals surface area contributed by atoms with E-state index >= 15 is 0 Å². The van der Waals surface area contributed by atoms with E-state index in [4.69, 9.17) is 0 Å². The molecule has 0 fully saturated rings. The second-order valence-electron chi connectivity index (χ2n) is 5.72.